The van der Waals surface area contributed by atoms with Crippen LogP contribution in [-0.2, 0) is 28.6 Å². The van der Waals surface area contributed by atoms with Crippen LogP contribution in [0.5, 0.6) is 0 Å². The molecule has 0 aliphatic heterocycles. The topological polar surface area (TPSA) is 78.9 Å². The Hall–Kier alpha value is -5.23. The molecule has 0 N–H and O–H groups in total. The van der Waals surface area contributed by atoms with Crippen molar-refractivity contribution < 1.29 is 28.6 Å². The third-order valence-electron chi connectivity index (χ3n) is 10.3. The van der Waals surface area contributed by atoms with Crippen LogP contribution >= 0.6 is 0 Å². The fraction of sp³-hybridized carbons (Fsp3) is 0.508. The van der Waals surface area contributed by atoms with Crippen molar-refractivity contribution >= 4 is 17.9 Å². The van der Waals surface area contributed by atoms with Gasteiger partial charge in [0, 0.05) is 19.3 Å². The monoisotopic (exact) mass is 947 g/mol. The molecule has 0 aromatic heterocycles. The first-order chi connectivity index (χ1) is 34.0. The molecule has 0 bridgehead atoms. The van der Waals surface area contributed by atoms with Gasteiger partial charge < -0.3 is 14.2 Å². The summed E-state index contributed by atoms with van der Waals surface area (Å²) >= 11 is 0. The van der Waals surface area contributed by atoms with Gasteiger partial charge in [0.05, 0.1) is 0 Å². The van der Waals surface area contributed by atoms with Gasteiger partial charge in [-0.05, 0) is 122 Å². The number of hydrogen-bond donors (Lipinski definition) is 0. The van der Waals surface area contributed by atoms with Gasteiger partial charge in [-0.25, -0.2) is 0 Å². The summed E-state index contributed by atoms with van der Waals surface area (Å²) in [7, 11) is 0. The third kappa shape index (κ3) is 53.6. The molecule has 0 spiro atoms. The molecule has 0 saturated heterocycles. The third-order valence-corrected chi connectivity index (χ3v) is 10.3. The molecule has 382 valence electrons. The van der Waals surface area contributed by atoms with Crippen LogP contribution in [0.4, 0.5) is 0 Å². The lowest BCUT2D eigenvalue weighted by atomic mass is 10.1. The average molecular weight is 947 g/mol. The minimum atomic E-state index is -0.841. The zero-order chi connectivity index (χ0) is 50.0. The summed E-state index contributed by atoms with van der Waals surface area (Å²) in [6.45, 7) is 6.14. The average Bonchev–Trinajstić information content (AvgIpc) is 3.35. The first-order valence-electron chi connectivity index (χ1n) is 26.7. The van der Waals surface area contributed by atoms with Gasteiger partial charge in [0.15, 0.2) is 6.10 Å². The Kier molecular flexibility index (Phi) is 51.2. The van der Waals surface area contributed by atoms with Crippen LogP contribution in [0.3, 0.4) is 0 Å². The van der Waals surface area contributed by atoms with E-state index in [1.54, 1.807) is 0 Å². The van der Waals surface area contributed by atoms with E-state index in [9.17, 15) is 14.4 Å². The van der Waals surface area contributed by atoms with E-state index in [4.69, 9.17) is 14.2 Å². The Labute approximate surface area is 422 Å². The molecule has 0 aliphatic rings. The molecular weight excluding hydrogens is 853 g/mol. The van der Waals surface area contributed by atoms with Gasteiger partial charge >= 0.3 is 17.9 Å². The van der Waals surface area contributed by atoms with Crippen molar-refractivity contribution in [3.63, 3.8) is 0 Å². The second-order valence-corrected chi connectivity index (χ2v) is 16.7. The van der Waals surface area contributed by atoms with E-state index in [0.717, 1.165) is 141 Å². The second kappa shape index (κ2) is 55.4. The number of ether oxygens (including phenoxy) is 3. The highest BCUT2D eigenvalue weighted by Crippen LogP contribution is 2.11. The van der Waals surface area contributed by atoms with Crippen LogP contribution in [0.2, 0.25) is 0 Å². The summed E-state index contributed by atoms with van der Waals surface area (Å²) in [6, 6.07) is 0. The number of allylic oxidation sites excluding steroid dienone is 28. The maximum absolute atomic E-state index is 12.8. The number of esters is 3. The summed E-state index contributed by atoms with van der Waals surface area (Å²) in [6.07, 6.45) is 82.0. The first kappa shape index (κ1) is 63.8. The summed E-state index contributed by atoms with van der Waals surface area (Å²) in [4.78, 5) is 38.1. The summed E-state index contributed by atoms with van der Waals surface area (Å²) < 4.78 is 16.7. The Morgan fingerprint density at radius 1 is 0.304 bits per heavy atom. The van der Waals surface area contributed by atoms with Gasteiger partial charge in [0.2, 0.25) is 0 Å². The smallest absolute Gasteiger partial charge is 0.306 e. The zero-order valence-corrected chi connectivity index (χ0v) is 43.5. The lowest BCUT2D eigenvalue weighted by Crippen LogP contribution is -2.30. The van der Waals surface area contributed by atoms with Crippen molar-refractivity contribution in [1.29, 1.82) is 0 Å². The van der Waals surface area contributed by atoms with Crippen LogP contribution < -0.4 is 0 Å². The molecule has 0 amide bonds. The fourth-order valence-electron chi connectivity index (χ4n) is 6.39. The van der Waals surface area contributed by atoms with Crippen molar-refractivity contribution in [2.45, 2.75) is 194 Å². The molecule has 0 heterocycles. The van der Waals surface area contributed by atoms with E-state index in [1.807, 2.05) is 24.3 Å². The van der Waals surface area contributed by atoms with Crippen LogP contribution in [0.15, 0.2) is 170 Å². The Morgan fingerprint density at radius 2 is 0.609 bits per heavy atom. The van der Waals surface area contributed by atoms with Gasteiger partial charge in [-0.1, -0.05) is 217 Å². The SMILES string of the molecule is CC\C=C/C=C\C=C/C=C\CCCCCCCC(=O)OCC(COC(=O)CCCCC/C=C\C/C=C\C/C=C\C/C=C\C/C=C\CC)OC(=O)CCC/C=C\C/C=C\C/C=C\C/C=C\C/C=C\CC. The van der Waals surface area contributed by atoms with Gasteiger partial charge in [-0.2, -0.15) is 0 Å². The Bertz CT molecular complexity index is 1650. The molecule has 0 rings (SSSR count). The molecule has 1 unspecified atom stereocenters. The fourth-order valence-corrected chi connectivity index (χ4v) is 6.39. The molecule has 6 nitrogen and oxygen atoms in total. The van der Waals surface area contributed by atoms with E-state index in [0.29, 0.717) is 19.3 Å². The predicted octanol–water partition coefficient (Wildman–Crippen LogP) is 18.0. The van der Waals surface area contributed by atoms with Gasteiger partial charge in [-0.3, -0.25) is 14.4 Å². The summed E-state index contributed by atoms with van der Waals surface area (Å²) in [5.41, 5.74) is 0. The maximum atomic E-state index is 12.8. The van der Waals surface area contributed by atoms with Gasteiger partial charge in [0.1, 0.15) is 13.2 Å². The van der Waals surface area contributed by atoms with E-state index in [1.165, 1.54) is 0 Å². The predicted molar refractivity (Wildman–Crippen MR) is 297 cm³/mol. The lowest BCUT2D eigenvalue weighted by Gasteiger charge is -2.18. The van der Waals surface area contributed by atoms with E-state index in [2.05, 4.69) is 167 Å². The zero-order valence-electron chi connectivity index (χ0n) is 43.5. The molecule has 0 aliphatic carbocycles. The van der Waals surface area contributed by atoms with Crippen molar-refractivity contribution in [2.75, 3.05) is 13.2 Å². The summed E-state index contributed by atoms with van der Waals surface area (Å²) in [5.74, 6) is -1.06. The minimum Gasteiger partial charge on any atom is -0.462 e. The quantitative estimate of drug-likeness (QED) is 0.0199. The number of carbonyl (C=O) groups excluding carboxylic acids is 3. The van der Waals surface area contributed by atoms with Gasteiger partial charge in [0.25, 0.3) is 0 Å². The van der Waals surface area contributed by atoms with Crippen molar-refractivity contribution in [3.8, 4) is 0 Å². The van der Waals surface area contributed by atoms with Crippen LogP contribution in [0.25, 0.3) is 0 Å². The number of hydrogen-bond acceptors (Lipinski definition) is 6. The lowest BCUT2D eigenvalue weighted by molar-refractivity contribution is -0.167. The minimum absolute atomic E-state index is 0.133. The summed E-state index contributed by atoms with van der Waals surface area (Å²) in [5, 5.41) is 0. The molecule has 1 atom stereocenters. The molecule has 0 saturated carbocycles. The van der Waals surface area contributed by atoms with Gasteiger partial charge in [-0.15, -0.1) is 0 Å². The molecule has 0 aromatic rings. The number of unbranched alkanes of at least 4 members (excludes halogenated alkanes) is 9. The Balaban J connectivity index is 4.62. The standard InChI is InChI=1S/C63H94O6/c1-4-7-10-13-16-19-22-25-28-30-31-33-35-38-41-44-47-50-53-56-62(65)68-59-60(58-67-61(64)55-52-49-46-43-40-37-34-27-24-21-18-15-12-9-6-3)69-63(66)57-54-51-48-45-42-39-36-32-29-26-23-20-17-14-11-8-5-2/h7-12,15-21,24-29,31,33-34,36,38-39,41,45,48,60H,4-6,13-14,22-23,30,32,35,37,40,42-44,46-47,49-59H2,1-3H3/b10-7-,11-8-,12-9-,18-15-,19-16-,20-17-,24-21-,28-25-,29-26-,33-31-,34-27-,39-36-,41-38-,48-45-. The molecule has 6 heteroatoms. The highest BCUT2D eigenvalue weighted by Gasteiger charge is 2.19. The second-order valence-electron chi connectivity index (χ2n) is 16.7. The first-order valence-corrected chi connectivity index (χ1v) is 26.7. The van der Waals surface area contributed by atoms with Crippen molar-refractivity contribution in [3.05, 3.63) is 170 Å². The normalized spacial score (nSPS) is 13.5. The van der Waals surface area contributed by atoms with Crippen LogP contribution in [0, 0.1) is 0 Å². The highest BCUT2D eigenvalue weighted by molar-refractivity contribution is 5.71. The Morgan fingerprint density at radius 3 is 1.04 bits per heavy atom. The van der Waals surface area contributed by atoms with E-state index >= 15 is 0 Å². The van der Waals surface area contributed by atoms with E-state index in [-0.39, 0.29) is 31.6 Å². The molecule has 0 fully saturated rings. The van der Waals surface area contributed by atoms with E-state index < -0.39 is 12.1 Å². The maximum Gasteiger partial charge on any atom is 0.306 e. The largest absolute Gasteiger partial charge is 0.462 e. The number of carbonyl (C=O) groups is 3. The van der Waals surface area contributed by atoms with Crippen LogP contribution in [0.1, 0.15) is 188 Å². The highest BCUT2D eigenvalue weighted by atomic mass is 16.6. The molecule has 69 heavy (non-hydrogen) atoms. The van der Waals surface area contributed by atoms with Crippen molar-refractivity contribution in [2.24, 2.45) is 0 Å². The van der Waals surface area contributed by atoms with Crippen LogP contribution in [-0.4, -0.2) is 37.2 Å². The number of rotatable bonds is 45. The molecule has 0 aromatic carbocycles. The molecule has 0 radical (unpaired) electrons. The molecular formula is C63H94O6. The van der Waals surface area contributed by atoms with Crippen molar-refractivity contribution in [1.82, 2.24) is 0 Å².